The molecule has 26 heavy (non-hydrogen) atoms. The molecule has 3 aromatic rings. The topological polar surface area (TPSA) is 67.9 Å². The molecule has 0 amide bonds. The predicted octanol–water partition coefficient (Wildman–Crippen LogP) is 3.08. The summed E-state index contributed by atoms with van der Waals surface area (Å²) in [5, 5.41) is 4.08. The van der Waals surface area contributed by atoms with Gasteiger partial charge in [0.2, 0.25) is 11.7 Å². The Labute approximate surface area is 152 Å². The smallest absolute Gasteiger partial charge is 0.244 e. The van der Waals surface area contributed by atoms with E-state index in [1.807, 2.05) is 30.3 Å². The number of pyridine rings is 2. The van der Waals surface area contributed by atoms with Crippen LogP contribution in [0, 0.1) is 11.8 Å². The van der Waals surface area contributed by atoms with Gasteiger partial charge in [0, 0.05) is 18.0 Å². The molecule has 0 aromatic carbocycles. The Kier molecular flexibility index (Phi) is 4.71. The zero-order valence-electron chi connectivity index (χ0n) is 14.6. The summed E-state index contributed by atoms with van der Waals surface area (Å²) >= 11 is 0. The lowest BCUT2D eigenvalue weighted by molar-refractivity contribution is 0.209. The normalized spacial score (nSPS) is 15.4. The molecule has 1 aliphatic heterocycles. The fourth-order valence-corrected chi connectivity index (χ4v) is 2.97. The number of rotatable bonds is 3. The van der Waals surface area contributed by atoms with Crippen molar-refractivity contribution in [2.75, 3.05) is 13.1 Å². The van der Waals surface area contributed by atoms with Crippen molar-refractivity contribution >= 4 is 0 Å². The van der Waals surface area contributed by atoms with Crippen LogP contribution in [-0.2, 0) is 0 Å². The molecule has 1 aliphatic rings. The number of nitrogens with zero attached hydrogens (tertiary/aromatic N) is 5. The van der Waals surface area contributed by atoms with E-state index >= 15 is 0 Å². The molecule has 130 valence electrons. The molecular formula is C20H19N5O. The molecule has 1 unspecified atom stereocenters. The molecule has 0 aliphatic carbocycles. The van der Waals surface area contributed by atoms with Crippen molar-refractivity contribution < 1.29 is 4.52 Å². The lowest BCUT2D eigenvalue weighted by atomic mass is 10.2. The summed E-state index contributed by atoms with van der Waals surface area (Å²) in [7, 11) is 0. The third kappa shape index (κ3) is 3.63. The zero-order chi connectivity index (χ0) is 17.8. The molecule has 0 radical (unpaired) electrons. The van der Waals surface area contributed by atoms with Crippen LogP contribution in [0.3, 0.4) is 0 Å². The Balaban J connectivity index is 1.48. The molecule has 4 rings (SSSR count). The second-order valence-electron chi connectivity index (χ2n) is 6.27. The van der Waals surface area contributed by atoms with E-state index in [0.29, 0.717) is 17.4 Å². The first-order valence-corrected chi connectivity index (χ1v) is 8.77. The first kappa shape index (κ1) is 16.4. The van der Waals surface area contributed by atoms with Crippen molar-refractivity contribution in [1.29, 1.82) is 0 Å². The minimum Gasteiger partial charge on any atom is -0.337 e. The average molecular weight is 345 g/mol. The minimum atomic E-state index is 0.141. The Hall–Kier alpha value is -3.04. The second kappa shape index (κ2) is 7.46. The van der Waals surface area contributed by atoms with E-state index in [0.717, 1.165) is 24.3 Å². The van der Waals surface area contributed by atoms with Gasteiger partial charge < -0.3 is 4.52 Å². The third-order valence-corrected chi connectivity index (χ3v) is 4.48. The molecule has 1 atom stereocenters. The maximum absolute atomic E-state index is 5.45. The minimum absolute atomic E-state index is 0.141. The van der Waals surface area contributed by atoms with Crippen LogP contribution in [0.25, 0.3) is 11.5 Å². The molecule has 1 fully saturated rings. The summed E-state index contributed by atoms with van der Waals surface area (Å²) in [5.41, 5.74) is 2.22. The van der Waals surface area contributed by atoms with E-state index in [1.165, 1.54) is 12.8 Å². The van der Waals surface area contributed by atoms with Crippen molar-refractivity contribution in [3.8, 4) is 23.4 Å². The van der Waals surface area contributed by atoms with Gasteiger partial charge in [-0.05, 0) is 63.0 Å². The lowest BCUT2D eigenvalue weighted by Crippen LogP contribution is -2.23. The van der Waals surface area contributed by atoms with E-state index in [9.17, 15) is 0 Å². The molecule has 1 saturated heterocycles. The summed E-state index contributed by atoms with van der Waals surface area (Å²) in [6, 6.07) is 9.55. The third-order valence-electron chi connectivity index (χ3n) is 4.48. The fraction of sp³-hybridized carbons (Fsp3) is 0.300. The van der Waals surface area contributed by atoms with E-state index in [1.54, 1.807) is 12.4 Å². The maximum atomic E-state index is 5.45. The lowest BCUT2D eigenvalue weighted by Gasteiger charge is -2.19. The van der Waals surface area contributed by atoms with Gasteiger partial charge in [-0.2, -0.15) is 4.98 Å². The highest BCUT2D eigenvalue weighted by Crippen LogP contribution is 2.24. The standard InChI is InChI=1S/C20H19N5O/c1-15(25-12-4-5-13-25)20-23-19(24-26-20)18-10-8-16(14-22-18)7-9-17-6-2-3-11-21-17/h2-3,6,8,10-11,14-15H,4-5,12-13H2,1H3. The van der Waals surface area contributed by atoms with Crippen molar-refractivity contribution in [1.82, 2.24) is 25.0 Å². The van der Waals surface area contributed by atoms with Crippen LogP contribution in [0.1, 0.15) is 43.0 Å². The quantitative estimate of drug-likeness (QED) is 0.680. The Morgan fingerprint density at radius 3 is 2.69 bits per heavy atom. The van der Waals surface area contributed by atoms with Crippen LogP contribution in [0.5, 0.6) is 0 Å². The van der Waals surface area contributed by atoms with Crippen LogP contribution in [0.2, 0.25) is 0 Å². The van der Waals surface area contributed by atoms with Crippen molar-refractivity contribution in [2.45, 2.75) is 25.8 Å². The van der Waals surface area contributed by atoms with Gasteiger partial charge in [-0.3, -0.25) is 9.88 Å². The molecule has 0 N–H and O–H groups in total. The van der Waals surface area contributed by atoms with Crippen molar-refractivity contribution in [3.05, 3.63) is 59.9 Å². The SMILES string of the molecule is CC(c1nc(-c2ccc(C#Cc3ccccn3)cn2)no1)N1CCCC1. The summed E-state index contributed by atoms with van der Waals surface area (Å²) < 4.78 is 5.45. The Bertz CT molecular complexity index is 918. The molecule has 0 spiro atoms. The largest absolute Gasteiger partial charge is 0.337 e. The van der Waals surface area contributed by atoms with Gasteiger partial charge in [0.1, 0.15) is 11.4 Å². The molecule has 3 aromatic heterocycles. The van der Waals surface area contributed by atoms with E-state index < -0.39 is 0 Å². The number of aromatic nitrogens is 4. The zero-order valence-corrected chi connectivity index (χ0v) is 14.6. The monoisotopic (exact) mass is 345 g/mol. The molecular weight excluding hydrogens is 326 g/mol. The first-order valence-electron chi connectivity index (χ1n) is 8.77. The van der Waals surface area contributed by atoms with Crippen LogP contribution >= 0.6 is 0 Å². The molecule has 0 bridgehead atoms. The number of hydrogen-bond donors (Lipinski definition) is 0. The van der Waals surface area contributed by atoms with Gasteiger partial charge in [0.05, 0.1) is 6.04 Å². The molecule has 6 nitrogen and oxygen atoms in total. The van der Waals surface area contributed by atoms with Crippen LogP contribution in [-0.4, -0.2) is 38.1 Å². The molecule has 6 heteroatoms. The number of hydrogen-bond acceptors (Lipinski definition) is 6. The summed E-state index contributed by atoms with van der Waals surface area (Å²) in [4.78, 5) is 15.5. The van der Waals surface area contributed by atoms with Gasteiger partial charge in [-0.1, -0.05) is 17.1 Å². The van der Waals surface area contributed by atoms with Gasteiger partial charge in [0.15, 0.2) is 0 Å². The maximum Gasteiger partial charge on any atom is 0.244 e. The van der Waals surface area contributed by atoms with E-state index in [2.05, 4.69) is 43.8 Å². The number of likely N-dealkylation sites (tertiary alicyclic amines) is 1. The van der Waals surface area contributed by atoms with Gasteiger partial charge in [-0.15, -0.1) is 0 Å². The molecule has 0 saturated carbocycles. The van der Waals surface area contributed by atoms with E-state index in [4.69, 9.17) is 4.52 Å². The van der Waals surface area contributed by atoms with Crippen LogP contribution in [0.15, 0.2) is 47.2 Å². The Morgan fingerprint density at radius 1 is 1.08 bits per heavy atom. The van der Waals surface area contributed by atoms with Crippen LogP contribution < -0.4 is 0 Å². The molecule has 4 heterocycles. The van der Waals surface area contributed by atoms with Crippen LogP contribution in [0.4, 0.5) is 0 Å². The highest BCUT2D eigenvalue weighted by Gasteiger charge is 2.24. The first-order chi connectivity index (χ1) is 12.8. The fourth-order valence-electron chi connectivity index (χ4n) is 2.97. The summed E-state index contributed by atoms with van der Waals surface area (Å²) in [6.45, 7) is 4.27. The Morgan fingerprint density at radius 2 is 1.96 bits per heavy atom. The summed E-state index contributed by atoms with van der Waals surface area (Å²) in [5.74, 6) is 7.22. The van der Waals surface area contributed by atoms with Gasteiger partial charge >= 0.3 is 0 Å². The van der Waals surface area contributed by atoms with Crippen molar-refractivity contribution in [2.24, 2.45) is 0 Å². The highest BCUT2D eigenvalue weighted by molar-refractivity contribution is 5.50. The van der Waals surface area contributed by atoms with Crippen molar-refractivity contribution in [3.63, 3.8) is 0 Å². The highest BCUT2D eigenvalue weighted by atomic mass is 16.5. The van der Waals surface area contributed by atoms with E-state index in [-0.39, 0.29) is 6.04 Å². The second-order valence-corrected chi connectivity index (χ2v) is 6.27. The van der Waals surface area contributed by atoms with Gasteiger partial charge in [0.25, 0.3) is 0 Å². The van der Waals surface area contributed by atoms with Gasteiger partial charge in [-0.25, -0.2) is 4.98 Å². The summed E-state index contributed by atoms with van der Waals surface area (Å²) in [6.07, 6.45) is 5.90. The predicted molar refractivity (Wildman–Crippen MR) is 97.0 cm³/mol. The average Bonchev–Trinajstić information content (AvgIpc) is 3.39.